The van der Waals surface area contributed by atoms with Crippen molar-refractivity contribution in [2.75, 3.05) is 18.5 Å². The fourth-order valence-electron chi connectivity index (χ4n) is 2.05. The summed E-state index contributed by atoms with van der Waals surface area (Å²) in [4.78, 5) is 12.0. The first-order valence-corrected chi connectivity index (χ1v) is 7.12. The molecule has 0 saturated carbocycles. The molecule has 2 rings (SSSR count). The van der Waals surface area contributed by atoms with Crippen molar-refractivity contribution in [3.63, 3.8) is 0 Å². The maximum absolute atomic E-state index is 12.0. The molecule has 110 valence electrons. The molecule has 1 heterocycles. The monoisotopic (exact) mass is 298 g/mol. The first-order chi connectivity index (χ1) is 9.60. The average molecular weight is 299 g/mol. The molecular formula is C14H19ClN2O3. The van der Waals surface area contributed by atoms with Crippen LogP contribution in [0.1, 0.15) is 19.8 Å². The van der Waals surface area contributed by atoms with Gasteiger partial charge in [0, 0.05) is 12.2 Å². The summed E-state index contributed by atoms with van der Waals surface area (Å²) in [6.07, 6.45) is 0.876. The van der Waals surface area contributed by atoms with Gasteiger partial charge in [-0.3, -0.25) is 4.79 Å². The maximum Gasteiger partial charge on any atom is 0.241 e. The second-order valence-corrected chi connectivity index (χ2v) is 5.24. The number of hydrogen-bond donors (Lipinski definition) is 3. The zero-order valence-electron chi connectivity index (χ0n) is 11.4. The van der Waals surface area contributed by atoms with Crippen LogP contribution < -0.4 is 15.4 Å². The number of rotatable bonds is 5. The van der Waals surface area contributed by atoms with Crippen molar-refractivity contribution in [3.8, 4) is 5.75 Å². The fourth-order valence-corrected chi connectivity index (χ4v) is 2.29. The van der Waals surface area contributed by atoms with E-state index < -0.39 is 6.10 Å². The van der Waals surface area contributed by atoms with Crippen molar-refractivity contribution in [1.29, 1.82) is 0 Å². The van der Waals surface area contributed by atoms with Crippen LogP contribution >= 0.6 is 11.6 Å². The van der Waals surface area contributed by atoms with Gasteiger partial charge in [0.25, 0.3) is 0 Å². The minimum Gasteiger partial charge on any atom is -0.492 e. The van der Waals surface area contributed by atoms with Crippen molar-refractivity contribution < 1.29 is 14.6 Å². The van der Waals surface area contributed by atoms with E-state index in [1.165, 1.54) is 0 Å². The Morgan fingerprint density at radius 1 is 1.60 bits per heavy atom. The van der Waals surface area contributed by atoms with Crippen LogP contribution in [0.5, 0.6) is 5.75 Å². The molecule has 6 heteroatoms. The van der Waals surface area contributed by atoms with Crippen LogP contribution in [0.25, 0.3) is 0 Å². The van der Waals surface area contributed by atoms with Gasteiger partial charge in [0.15, 0.2) is 0 Å². The molecule has 1 aromatic carbocycles. The van der Waals surface area contributed by atoms with Crippen LogP contribution in [0, 0.1) is 0 Å². The largest absolute Gasteiger partial charge is 0.492 e. The number of carbonyl (C=O) groups excluding carboxylic acids is 1. The Kier molecular flexibility index (Phi) is 5.23. The van der Waals surface area contributed by atoms with Crippen LogP contribution in [0.3, 0.4) is 0 Å². The Labute approximate surface area is 123 Å². The SMILES string of the molecule is CCCOc1ccc(NC(=O)C2CC(O)CN2)cc1Cl. The average Bonchev–Trinajstić information content (AvgIpc) is 2.85. The lowest BCUT2D eigenvalue weighted by Gasteiger charge is -2.12. The van der Waals surface area contributed by atoms with Gasteiger partial charge < -0.3 is 20.5 Å². The van der Waals surface area contributed by atoms with Crippen LogP contribution in [-0.4, -0.2) is 36.3 Å². The van der Waals surface area contributed by atoms with Gasteiger partial charge >= 0.3 is 0 Å². The standard InChI is InChI=1S/C14H19ClN2O3/c1-2-5-20-13-4-3-9(6-11(13)15)17-14(19)12-7-10(18)8-16-12/h3-4,6,10,12,16,18H,2,5,7-8H2,1H3,(H,17,19). The number of aliphatic hydroxyl groups excluding tert-OH is 1. The Hall–Kier alpha value is -1.30. The minimum atomic E-state index is -0.459. The normalized spacial score (nSPS) is 21.8. The molecular weight excluding hydrogens is 280 g/mol. The lowest BCUT2D eigenvalue weighted by atomic mass is 10.2. The van der Waals surface area contributed by atoms with Gasteiger partial charge in [0.2, 0.25) is 5.91 Å². The molecule has 0 aromatic heterocycles. The van der Waals surface area contributed by atoms with Gasteiger partial charge in [0.1, 0.15) is 5.75 Å². The molecule has 3 N–H and O–H groups in total. The van der Waals surface area contributed by atoms with Gasteiger partial charge in [-0.2, -0.15) is 0 Å². The van der Waals surface area contributed by atoms with E-state index in [2.05, 4.69) is 10.6 Å². The number of hydrogen-bond acceptors (Lipinski definition) is 4. The maximum atomic E-state index is 12.0. The summed E-state index contributed by atoms with van der Waals surface area (Å²) in [6, 6.07) is 4.79. The number of carbonyl (C=O) groups is 1. The number of halogens is 1. The highest BCUT2D eigenvalue weighted by Gasteiger charge is 2.28. The smallest absolute Gasteiger partial charge is 0.241 e. The Morgan fingerprint density at radius 3 is 3.00 bits per heavy atom. The molecule has 1 fully saturated rings. The second-order valence-electron chi connectivity index (χ2n) is 4.83. The zero-order chi connectivity index (χ0) is 14.5. The lowest BCUT2D eigenvalue weighted by Crippen LogP contribution is -2.35. The Morgan fingerprint density at radius 2 is 2.40 bits per heavy atom. The van der Waals surface area contributed by atoms with E-state index in [9.17, 15) is 9.90 Å². The van der Waals surface area contributed by atoms with E-state index in [-0.39, 0.29) is 11.9 Å². The van der Waals surface area contributed by atoms with Crippen molar-refractivity contribution in [2.24, 2.45) is 0 Å². The van der Waals surface area contributed by atoms with Crippen molar-refractivity contribution in [2.45, 2.75) is 31.9 Å². The third-order valence-corrected chi connectivity index (χ3v) is 3.38. The zero-order valence-corrected chi connectivity index (χ0v) is 12.1. The summed E-state index contributed by atoms with van der Waals surface area (Å²) in [5.74, 6) is 0.445. The number of nitrogens with one attached hydrogen (secondary N) is 2. The van der Waals surface area contributed by atoms with Crippen molar-refractivity contribution in [3.05, 3.63) is 23.2 Å². The van der Waals surface area contributed by atoms with Gasteiger partial charge in [0.05, 0.1) is 23.8 Å². The molecule has 2 unspecified atom stereocenters. The quantitative estimate of drug-likeness (QED) is 0.775. The highest BCUT2D eigenvalue weighted by Crippen LogP contribution is 2.28. The first-order valence-electron chi connectivity index (χ1n) is 6.74. The summed E-state index contributed by atoms with van der Waals surface area (Å²) < 4.78 is 5.47. The molecule has 1 aliphatic heterocycles. The van der Waals surface area contributed by atoms with Crippen molar-refractivity contribution >= 4 is 23.2 Å². The minimum absolute atomic E-state index is 0.167. The molecule has 1 saturated heterocycles. The summed E-state index contributed by atoms with van der Waals surface area (Å²) in [7, 11) is 0. The second kappa shape index (κ2) is 6.92. The number of anilines is 1. The van der Waals surface area contributed by atoms with Gasteiger partial charge in [-0.1, -0.05) is 18.5 Å². The van der Waals surface area contributed by atoms with E-state index in [0.717, 1.165) is 6.42 Å². The van der Waals surface area contributed by atoms with E-state index in [0.29, 0.717) is 36.0 Å². The van der Waals surface area contributed by atoms with Crippen LogP contribution in [0.4, 0.5) is 5.69 Å². The molecule has 0 bridgehead atoms. The first kappa shape index (κ1) is 15.1. The molecule has 0 aliphatic carbocycles. The molecule has 1 amide bonds. The van der Waals surface area contributed by atoms with E-state index in [1.807, 2.05) is 6.92 Å². The molecule has 1 aromatic rings. The number of benzene rings is 1. The Balaban J connectivity index is 1.96. The van der Waals surface area contributed by atoms with Crippen LogP contribution in [0.2, 0.25) is 5.02 Å². The third kappa shape index (κ3) is 3.85. The third-order valence-electron chi connectivity index (χ3n) is 3.09. The predicted molar refractivity (Wildman–Crippen MR) is 78.3 cm³/mol. The molecule has 0 radical (unpaired) electrons. The lowest BCUT2D eigenvalue weighted by molar-refractivity contribution is -0.117. The van der Waals surface area contributed by atoms with E-state index in [1.54, 1.807) is 18.2 Å². The molecule has 1 aliphatic rings. The summed E-state index contributed by atoms with van der Waals surface area (Å²) in [5.41, 5.74) is 0.618. The number of amides is 1. The van der Waals surface area contributed by atoms with Crippen LogP contribution in [-0.2, 0) is 4.79 Å². The number of ether oxygens (including phenoxy) is 1. The van der Waals surface area contributed by atoms with Crippen LogP contribution in [0.15, 0.2) is 18.2 Å². The topological polar surface area (TPSA) is 70.6 Å². The molecule has 0 spiro atoms. The number of β-amino-alcohol motifs (C(OH)–C–C–N with tert-alkyl or cyclic N) is 1. The Bertz CT molecular complexity index is 481. The summed E-state index contributed by atoms with van der Waals surface area (Å²) >= 11 is 6.10. The molecule has 20 heavy (non-hydrogen) atoms. The fraction of sp³-hybridized carbons (Fsp3) is 0.500. The van der Waals surface area contributed by atoms with Gasteiger partial charge in [-0.25, -0.2) is 0 Å². The highest BCUT2D eigenvalue weighted by atomic mass is 35.5. The highest BCUT2D eigenvalue weighted by molar-refractivity contribution is 6.32. The predicted octanol–water partition coefficient (Wildman–Crippen LogP) is 1.79. The van der Waals surface area contributed by atoms with Gasteiger partial charge in [-0.15, -0.1) is 0 Å². The summed E-state index contributed by atoms with van der Waals surface area (Å²) in [6.45, 7) is 3.07. The number of aliphatic hydroxyl groups is 1. The van der Waals surface area contributed by atoms with Gasteiger partial charge in [-0.05, 0) is 31.0 Å². The van der Waals surface area contributed by atoms with E-state index in [4.69, 9.17) is 16.3 Å². The van der Waals surface area contributed by atoms with Crippen molar-refractivity contribution in [1.82, 2.24) is 5.32 Å². The molecule has 5 nitrogen and oxygen atoms in total. The molecule has 2 atom stereocenters. The van der Waals surface area contributed by atoms with E-state index >= 15 is 0 Å². The summed E-state index contributed by atoms with van der Waals surface area (Å²) in [5, 5.41) is 15.6.